The highest BCUT2D eigenvalue weighted by molar-refractivity contribution is 5.56. The fourth-order valence-electron chi connectivity index (χ4n) is 5.63. The third-order valence-corrected chi connectivity index (χ3v) is 7.74. The van der Waals surface area contributed by atoms with Gasteiger partial charge in [-0.05, 0) is 60.6 Å². The quantitative estimate of drug-likeness (QED) is 0.484. The Morgan fingerprint density at radius 1 is 1.03 bits per heavy atom. The molecule has 7 heteroatoms. The third kappa shape index (κ3) is 5.18. The van der Waals surface area contributed by atoms with Gasteiger partial charge in [-0.2, -0.15) is 0 Å². The number of anilines is 2. The summed E-state index contributed by atoms with van der Waals surface area (Å²) in [5.41, 5.74) is 3.95. The van der Waals surface area contributed by atoms with E-state index in [1.54, 1.807) is 6.07 Å². The van der Waals surface area contributed by atoms with Crippen molar-refractivity contribution in [3.63, 3.8) is 0 Å². The van der Waals surface area contributed by atoms with E-state index in [4.69, 9.17) is 9.47 Å². The molecule has 1 aromatic heterocycles. The van der Waals surface area contributed by atoms with Gasteiger partial charge >= 0.3 is 0 Å². The van der Waals surface area contributed by atoms with Gasteiger partial charge in [0.25, 0.3) is 0 Å². The molecule has 3 aromatic rings. The van der Waals surface area contributed by atoms with Crippen LogP contribution < -0.4 is 15.0 Å². The zero-order valence-corrected chi connectivity index (χ0v) is 20.7. The fourth-order valence-corrected chi connectivity index (χ4v) is 5.63. The zero-order chi connectivity index (χ0) is 24.5. The monoisotopic (exact) mass is 488 g/mol. The standard InChI is InChI=1S/C29H33FN4O2/c1-20-2-6-23(7-3-20)36-29-9-4-21(15-32-29)17-33-18-25-24(26(25)19-33)16-31-22-5-8-28(27(30)14-22)34-10-12-35-13-11-34/h2-9,14-15,24-26,31H,10-13,16-19H2,1H3. The number of nitrogens with zero attached hydrogens (tertiary/aromatic N) is 3. The predicted octanol–water partition coefficient (Wildman–Crippen LogP) is 4.95. The first kappa shape index (κ1) is 23.3. The molecule has 0 spiro atoms. The van der Waals surface area contributed by atoms with Crippen LogP contribution in [0, 0.1) is 30.5 Å². The molecule has 2 atom stereocenters. The van der Waals surface area contributed by atoms with Crippen LogP contribution in [0.4, 0.5) is 15.8 Å². The summed E-state index contributed by atoms with van der Waals surface area (Å²) in [5, 5.41) is 3.47. The number of fused-ring (bicyclic) bond motifs is 1. The Balaban J connectivity index is 0.949. The molecule has 1 saturated carbocycles. The summed E-state index contributed by atoms with van der Waals surface area (Å²) in [6.45, 7) is 8.91. The summed E-state index contributed by atoms with van der Waals surface area (Å²) < 4.78 is 25.9. The van der Waals surface area contributed by atoms with E-state index in [1.807, 2.05) is 48.7 Å². The molecular formula is C29H33FN4O2. The molecule has 2 aromatic carbocycles. The van der Waals surface area contributed by atoms with E-state index >= 15 is 0 Å². The van der Waals surface area contributed by atoms with Crippen molar-refractivity contribution in [2.45, 2.75) is 13.5 Å². The first-order valence-corrected chi connectivity index (χ1v) is 12.9. The molecule has 0 amide bonds. The van der Waals surface area contributed by atoms with Crippen molar-refractivity contribution in [3.05, 3.63) is 77.7 Å². The highest BCUT2D eigenvalue weighted by atomic mass is 19.1. The van der Waals surface area contributed by atoms with Gasteiger partial charge in [0.1, 0.15) is 11.6 Å². The Bertz CT molecular complexity index is 1170. The van der Waals surface area contributed by atoms with Crippen molar-refractivity contribution in [1.29, 1.82) is 0 Å². The Hall–Kier alpha value is -3.16. The fraction of sp³-hybridized carbons (Fsp3) is 0.414. The van der Waals surface area contributed by atoms with Crippen LogP contribution in [0.25, 0.3) is 0 Å². The van der Waals surface area contributed by atoms with Gasteiger partial charge in [0.05, 0.1) is 18.9 Å². The number of aryl methyl sites for hydroxylation is 1. The SMILES string of the molecule is Cc1ccc(Oc2ccc(CN3CC4C(CNc5ccc(N6CCOCC6)c(F)c5)C4C3)cn2)cc1. The average Bonchev–Trinajstić information content (AvgIpc) is 3.36. The minimum absolute atomic E-state index is 0.159. The lowest BCUT2D eigenvalue weighted by molar-refractivity contribution is 0.122. The smallest absolute Gasteiger partial charge is 0.219 e. The van der Waals surface area contributed by atoms with Crippen LogP contribution in [0.1, 0.15) is 11.1 Å². The van der Waals surface area contributed by atoms with Gasteiger partial charge < -0.3 is 19.7 Å². The van der Waals surface area contributed by atoms with Gasteiger partial charge in [-0.15, -0.1) is 0 Å². The molecule has 2 saturated heterocycles. The van der Waals surface area contributed by atoms with Crippen LogP contribution >= 0.6 is 0 Å². The molecule has 0 radical (unpaired) electrons. The van der Waals surface area contributed by atoms with Crippen LogP contribution in [0.3, 0.4) is 0 Å². The van der Waals surface area contributed by atoms with E-state index in [0.29, 0.717) is 30.7 Å². The number of hydrogen-bond donors (Lipinski definition) is 1. The molecule has 2 unspecified atom stereocenters. The maximum absolute atomic E-state index is 14.7. The van der Waals surface area contributed by atoms with Crippen LogP contribution in [-0.4, -0.2) is 55.8 Å². The molecule has 1 aliphatic carbocycles. The molecule has 1 N–H and O–H groups in total. The van der Waals surface area contributed by atoms with E-state index in [9.17, 15) is 4.39 Å². The van der Waals surface area contributed by atoms with Gasteiger partial charge in [-0.1, -0.05) is 23.8 Å². The number of piperidine rings is 1. The lowest BCUT2D eigenvalue weighted by atomic mass is 10.2. The Labute approximate surface area is 212 Å². The van der Waals surface area contributed by atoms with E-state index in [2.05, 4.69) is 33.1 Å². The second-order valence-electron chi connectivity index (χ2n) is 10.3. The van der Waals surface area contributed by atoms with Gasteiger partial charge in [-0.3, -0.25) is 4.90 Å². The molecule has 3 heterocycles. The van der Waals surface area contributed by atoms with Crippen LogP contribution in [0.2, 0.25) is 0 Å². The number of hydrogen-bond acceptors (Lipinski definition) is 6. The van der Waals surface area contributed by atoms with Gasteiger partial charge in [0, 0.05) is 57.2 Å². The molecule has 6 rings (SSSR count). The molecule has 0 bridgehead atoms. The first-order chi connectivity index (χ1) is 17.6. The number of nitrogens with one attached hydrogen (secondary N) is 1. The van der Waals surface area contributed by atoms with Crippen LogP contribution in [-0.2, 0) is 11.3 Å². The molecule has 6 nitrogen and oxygen atoms in total. The molecule has 188 valence electrons. The molecule has 3 aliphatic rings. The molecule has 3 fully saturated rings. The number of aromatic nitrogens is 1. The van der Waals surface area contributed by atoms with Crippen molar-refractivity contribution < 1.29 is 13.9 Å². The number of halogens is 1. The Morgan fingerprint density at radius 3 is 2.50 bits per heavy atom. The number of likely N-dealkylation sites (tertiary alicyclic amines) is 1. The van der Waals surface area contributed by atoms with Crippen molar-refractivity contribution in [2.75, 3.05) is 56.2 Å². The second-order valence-corrected chi connectivity index (χ2v) is 10.3. The Kier molecular flexibility index (Phi) is 6.50. The van der Waals surface area contributed by atoms with Crippen molar-refractivity contribution in [1.82, 2.24) is 9.88 Å². The summed E-state index contributed by atoms with van der Waals surface area (Å²) in [6, 6.07) is 17.6. The van der Waals surface area contributed by atoms with E-state index in [0.717, 1.165) is 62.5 Å². The second kappa shape index (κ2) is 10.1. The topological polar surface area (TPSA) is 49.9 Å². The lowest BCUT2D eigenvalue weighted by Gasteiger charge is -2.29. The summed E-state index contributed by atoms with van der Waals surface area (Å²) in [5.74, 6) is 3.39. The molecule has 36 heavy (non-hydrogen) atoms. The molecular weight excluding hydrogens is 455 g/mol. The zero-order valence-electron chi connectivity index (χ0n) is 20.7. The first-order valence-electron chi connectivity index (χ1n) is 12.9. The number of morpholine rings is 1. The number of pyridine rings is 1. The number of rotatable bonds is 8. The maximum Gasteiger partial charge on any atom is 0.219 e. The number of ether oxygens (including phenoxy) is 2. The van der Waals surface area contributed by atoms with Gasteiger partial charge in [-0.25, -0.2) is 9.37 Å². The van der Waals surface area contributed by atoms with Gasteiger partial charge in [0.2, 0.25) is 5.88 Å². The van der Waals surface area contributed by atoms with Crippen LogP contribution in [0.5, 0.6) is 11.6 Å². The van der Waals surface area contributed by atoms with Crippen LogP contribution in [0.15, 0.2) is 60.8 Å². The van der Waals surface area contributed by atoms with Crippen molar-refractivity contribution >= 4 is 11.4 Å². The number of benzene rings is 2. The Morgan fingerprint density at radius 2 is 1.81 bits per heavy atom. The van der Waals surface area contributed by atoms with Gasteiger partial charge in [0.15, 0.2) is 0 Å². The summed E-state index contributed by atoms with van der Waals surface area (Å²) >= 11 is 0. The minimum Gasteiger partial charge on any atom is -0.439 e. The predicted molar refractivity (Wildman–Crippen MR) is 139 cm³/mol. The molecule has 2 aliphatic heterocycles. The largest absolute Gasteiger partial charge is 0.439 e. The third-order valence-electron chi connectivity index (χ3n) is 7.74. The van der Waals surface area contributed by atoms with E-state index in [1.165, 1.54) is 11.1 Å². The lowest BCUT2D eigenvalue weighted by Crippen LogP contribution is -2.36. The minimum atomic E-state index is -0.159. The van der Waals surface area contributed by atoms with Crippen molar-refractivity contribution in [3.8, 4) is 11.6 Å². The summed E-state index contributed by atoms with van der Waals surface area (Å²) in [4.78, 5) is 9.06. The normalized spacial score (nSPS) is 23.4. The highest BCUT2D eigenvalue weighted by Crippen LogP contribution is 2.51. The van der Waals surface area contributed by atoms with E-state index in [-0.39, 0.29) is 5.82 Å². The highest BCUT2D eigenvalue weighted by Gasteiger charge is 2.54. The average molecular weight is 489 g/mol. The van der Waals surface area contributed by atoms with E-state index < -0.39 is 0 Å². The summed E-state index contributed by atoms with van der Waals surface area (Å²) in [7, 11) is 0. The maximum atomic E-state index is 14.7. The summed E-state index contributed by atoms with van der Waals surface area (Å²) in [6.07, 6.45) is 1.92. The van der Waals surface area contributed by atoms with Crippen molar-refractivity contribution in [2.24, 2.45) is 17.8 Å².